The van der Waals surface area contributed by atoms with Crippen molar-refractivity contribution in [3.63, 3.8) is 0 Å². The van der Waals surface area contributed by atoms with Gasteiger partial charge in [0.15, 0.2) is 0 Å². The monoisotopic (exact) mass is 372 g/mol. The summed E-state index contributed by atoms with van der Waals surface area (Å²) >= 11 is 0. The predicted octanol–water partition coefficient (Wildman–Crippen LogP) is 2.32. The van der Waals surface area contributed by atoms with Crippen molar-refractivity contribution in [3.8, 4) is 0 Å². The topological polar surface area (TPSA) is 96.2 Å². The molecule has 144 valence electrons. The number of pyridine rings is 1. The first kappa shape index (κ1) is 17.9. The summed E-state index contributed by atoms with van der Waals surface area (Å²) in [5.41, 5.74) is -0.501. The fourth-order valence-electron chi connectivity index (χ4n) is 4.34. The van der Waals surface area contributed by atoms with E-state index < -0.39 is 22.9 Å². The van der Waals surface area contributed by atoms with Crippen LogP contribution in [-0.2, 0) is 14.3 Å². The minimum Gasteiger partial charge on any atom is -0.460 e. The standard InChI is InChI=1S/C19H24N4O4/c1-18(2,3)26-17(25)19-8-6-12(7-9-19)11-13(19)16(24)27-23-15-14(21-22-23)5-4-10-20-15/h4-5,10,12-13H,6-9,11H2,1-3H3. The van der Waals surface area contributed by atoms with Crippen LogP contribution in [0.2, 0.25) is 0 Å². The molecule has 27 heavy (non-hydrogen) atoms. The molecular formula is C19H24N4O4. The Labute approximate surface area is 157 Å². The van der Waals surface area contributed by atoms with Gasteiger partial charge in [0.1, 0.15) is 11.1 Å². The van der Waals surface area contributed by atoms with E-state index in [0.717, 1.165) is 17.7 Å². The average molecular weight is 372 g/mol. The zero-order valence-corrected chi connectivity index (χ0v) is 15.8. The molecule has 0 amide bonds. The highest BCUT2D eigenvalue weighted by atomic mass is 16.7. The average Bonchev–Trinajstić information content (AvgIpc) is 3.04. The highest BCUT2D eigenvalue weighted by Crippen LogP contribution is 2.55. The summed E-state index contributed by atoms with van der Waals surface area (Å²) in [5, 5.41) is 7.81. The first-order valence-corrected chi connectivity index (χ1v) is 9.41. The maximum atomic E-state index is 13.0. The molecule has 0 aromatic carbocycles. The van der Waals surface area contributed by atoms with Crippen LogP contribution in [0.25, 0.3) is 11.2 Å². The van der Waals surface area contributed by atoms with Gasteiger partial charge in [-0.1, -0.05) is 0 Å². The zero-order valence-electron chi connectivity index (χ0n) is 15.8. The fourth-order valence-corrected chi connectivity index (χ4v) is 4.34. The van der Waals surface area contributed by atoms with Crippen LogP contribution in [0, 0.1) is 17.3 Å². The van der Waals surface area contributed by atoms with Gasteiger partial charge in [0.05, 0.1) is 11.3 Å². The number of carbonyl (C=O) groups is 2. The molecule has 8 heteroatoms. The summed E-state index contributed by atoms with van der Waals surface area (Å²) in [6.45, 7) is 5.53. The van der Waals surface area contributed by atoms with E-state index in [1.54, 1.807) is 18.3 Å². The van der Waals surface area contributed by atoms with Crippen LogP contribution in [-0.4, -0.2) is 37.7 Å². The van der Waals surface area contributed by atoms with E-state index in [0.29, 0.717) is 36.3 Å². The number of hydrogen-bond acceptors (Lipinski definition) is 7. The van der Waals surface area contributed by atoms with Crippen LogP contribution in [0.1, 0.15) is 52.9 Å². The predicted molar refractivity (Wildman–Crippen MR) is 95.3 cm³/mol. The second-order valence-corrected chi connectivity index (χ2v) is 8.61. The minimum absolute atomic E-state index is 0.295. The number of ether oxygens (including phenoxy) is 1. The molecule has 3 saturated carbocycles. The van der Waals surface area contributed by atoms with Gasteiger partial charge < -0.3 is 9.57 Å². The van der Waals surface area contributed by atoms with Crippen molar-refractivity contribution in [2.24, 2.45) is 17.3 Å². The summed E-state index contributed by atoms with van der Waals surface area (Å²) in [4.78, 5) is 36.8. The number of hydrogen-bond donors (Lipinski definition) is 0. The minimum atomic E-state index is -0.817. The third kappa shape index (κ3) is 3.17. The molecule has 3 aliphatic carbocycles. The lowest BCUT2D eigenvalue weighted by Gasteiger charge is -2.49. The summed E-state index contributed by atoms with van der Waals surface area (Å²) in [6.07, 6.45) is 5.41. The van der Waals surface area contributed by atoms with Crippen molar-refractivity contribution >= 4 is 23.1 Å². The lowest BCUT2D eigenvalue weighted by molar-refractivity contribution is -0.189. The lowest BCUT2D eigenvalue weighted by Crippen LogP contribution is -2.54. The van der Waals surface area contributed by atoms with Gasteiger partial charge in [-0.2, -0.15) is 0 Å². The molecule has 3 fully saturated rings. The number of rotatable bonds is 3. The Balaban J connectivity index is 1.60. The van der Waals surface area contributed by atoms with Crippen LogP contribution in [0.3, 0.4) is 0 Å². The molecule has 1 atom stereocenters. The maximum absolute atomic E-state index is 13.0. The maximum Gasteiger partial charge on any atom is 0.339 e. The number of esters is 1. The van der Waals surface area contributed by atoms with Gasteiger partial charge in [0, 0.05) is 6.20 Å². The Bertz CT molecular complexity index is 877. The van der Waals surface area contributed by atoms with Crippen molar-refractivity contribution < 1.29 is 19.2 Å². The molecule has 2 aromatic rings. The van der Waals surface area contributed by atoms with Gasteiger partial charge in [0.25, 0.3) is 0 Å². The first-order chi connectivity index (χ1) is 12.8. The van der Waals surface area contributed by atoms with Crippen molar-refractivity contribution in [2.75, 3.05) is 0 Å². The number of nitrogens with zero attached hydrogens (tertiary/aromatic N) is 4. The molecule has 2 heterocycles. The Kier molecular flexibility index (Phi) is 4.16. The van der Waals surface area contributed by atoms with Crippen LogP contribution < -0.4 is 4.84 Å². The van der Waals surface area contributed by atoms with Gasteiger partial charge in [-0.25, -0.2) is 9.78 Å². The largest absolute Gasteiger partial charge is 0.460 e. The van der Waals surface area contributed by atoms with Crippen LogP contribution in [0.4, 0.5) is 0 Å². The van der Waals surface area contributed by atoms with Gasteiger partial charge >= 0.3 is 11.9 Å². The SMILES string of the molecule is CC(C)(C)OC(=O)C12CCC(CC1)CC2C(=O)On1nnc2cccnc21. The van der Waals surface area contributed by atoms with E-state index in [1.807, 2.05) is 20.8 Å². The molecule has 8 nitrogen and oxygen atoms in total. The molecule has 2 bridgehead atoms. The summed E-state index contributed by atoms with van der Waals surface area (Å²) in [5.74, 6) is -0.861. The van der Waals surface area contributed by atoms with E-state index in [1.165, 1.54) is 0 Å². The first-order valence-electron chi connectivity index (χ1n) is 9.41. The van der Waals surface area contributed by atoms with Crippen molar-refractivity contribution in [1.29, 1.82) is 0 Å². The van der Waals surface area contributed by atoms with E-state index in [4.69, 9.17) is 9.57 Å². The third-order valence-corrected chi connectivity index (χ3v) is 5.68. The van der Waals surface area contributed by atoms with Crippen molar-refractivity contribution in [2.45, 2.75) is 58.5 Å². The second-order valence-electron chi connectivity index (χ2n) is 8.61. The van der Waals surface area contributed by atoms with Crippen LogP contribution in [0.15, 0.2) is 18.3 Å². The highest BCUT2D eigenvalue weighted by molar-refractivity contribution is 5.86. The van der Waals surface area contributed by atoms with Gasteiger partial charge in [0.2, 0.25) is 5.65 Å². The van der Waals surface area contributed by atoms with Crippen molar-refractivity contribution in [1.82, 2.24) is 20.1 Å². The van der Waals surface area contributed by atoms with Crippen LogP contribution >= 0.6 is 0 Å². The molecule has 0 aliphatic heterocycles. The fraction of sp³-hybridized carbons (Fsp3) is 0.632. The Morgan fingerprint density at radius 2 is 2.00 bits per heavy atom. The summed E-state index contributed by atoms with van der Waals surface area (Å²) < 4.78 is 5.69. The van der Waals surface area contributed by atoms with E-state index in [9.17, 15) is 9.59 Å². The highest BCUT2D eigenvalue weighted by Gasteiger charge is 2.58. The second kappa shape index (κ2) is 6.28. The molecule has 2 aromatic heterocycles. The van der Waals surface area contributed by atoms with Crippen molar-refractivity contribution in [3.05, 3.63) is 18.3 Å². The number of carbonyl (C=O) groups excluding carboxylic acids is 2. The molecule has 1 unspecified atom stereocenters. The number of aromatic nitrogens is 4. The van der Waals surface area contributed by atoms with Gasteiger partial charge in [-0.3, -0.25) is 4.79 Å². The molecule has 0 spiro atoms. The quantitative estimate of drug-likeness (QED) is 0.602. The smallest absolute Gasteiger partial charge is 0.339 e. The normalized spacial score (nSPS) is 27.5. The molecule has 5 rings (SSSR count). The Morgan fingerprint density at radius 1 is 1.26 bits per heavy atom. The van der Waals surface area contributed by atoms with E-state index >= 15 is 0 Å². The molecule has 3 aliphatic rings. The molecular weight excluding hydrogens is 348 g/mol. The summed E-state index contributed by atoms with van der Waals surface area (Å²) in [6, 6.07) is 3.48. The van der Waals surface area contributed by atoms with Gasteiger partial charge in [-0.15, -0.1) is 5.10 Å². The Morgan fingerprint density at radius 3 is 2.70 bits per heavy atom. The Hall–Kier alpha value is -2.51. The van der Waals surface area contributed by atoms with Gasteiger partial charge in [-0.05, 0) is 81.0 Å². The van der Waals surface area contributed by atoms with Crippen LogP contribution in [0.5, 0.6) is 0 Å². The third-order valence-electron chi connectivity index (χ3n) is 5.68. The molecule has 0 radical (unpaired) electrons. The van der Waals surface area contributed by atoms with E-state index in [2.05, 4.69) is 15.3 Å². The zero-order chi connectivity index (χ0) is 19.2. The summed E-state index contributed by atoms with van der Waals surface area (Å²) in [7, 11) is 0. The lowest BCUT2D eigenvalue weighted by atomic mass is 9.55. The molecule has 0 saturated heterocycles. The van der Waals surface area contributed by atoms with E-state index in [-0.39, 0.29) is 5.97 Å². The number of fused-ring (bicyclic) bond motifs is 4. The molecule has 0 N–H and O–H groups in total.